The number of benzene rings is 9. The lowest BCUT2D eigenvalue weighted by molar-refractivity contribution is 1.18. The molecule has 0 aliphatic rings. The van der Waals surface area contributed by atoms with Crippen LogP contribution in [0.4, 0.5) is 0 Å². The van der Waals surface area contributed by atoms with Crippen LogP contribution in [0, 0.1) is 0 Å². The van der Waals surface area contributed by atoms with E-state index in [9.17, 15) is 0 Å². The van der Waals surface area contributed by atoms with Crippen molar-refractivity contribution in [3.8, 4) is 44.8 Å². The number of fused-ring (bicyclic) bond motifs is 9. The van der Waals surface area contributed by atoms with Gasteiger partial charge in [0, 0.05) is 53.1 Å². The van der Waals surface area contributed by atoms with Crippen molar-refractivity contribution in [1.29, 1.82) is 0 Å². The van der Waals surface area contributed by atoms with Gasteiger partial charge in [-0.3, -0.25) is 0 Å². The molecule has 12 aromatic rings. The average molecular weight is 743 g/mol. The average Bonchev–Trinajstić information content (AvgIpc) is 3.94. The van der Waals surface area contributed by atoms with Gasteiger partial charge in [0.2, 0.25) is 0 Å². The maximum atomic E-state index is 2.43. The molecular formula is C54H34N2S. The van der Waals surface area contributed by atoms with Gasteiger partial charge >= 0.3 is 0 Å². The molecule has 3 aromatic heterocycles. The Morgan fingerprint density at radius 2 is 0.667 bits per heavy atom. The molecule has 57 heavy (non-hydrogen) atoms. The summed E-state index contributed by atoms with van der Waals surface area (Å²) in [7, 11) is 0. The monoisotopic (exact) mass is 742 g/mol. The Morgan fingerprint density at radius 1 is 0.246 bits per heavy atom. The van der Waals surface area contributed by atoms with Crippen LogP contribution in [-0.2, 0) is 0 Å². The first kappa shape index (κ1) is 32.1. The molecule has 0 saturated heterocycles. The summed E-state index contributed by atoms with van der Waals surface area (Å²) in [4.78, 5) is 0. The second-order valence-corrected chi connectivity index (χ2v) is 16.0. The molecule has 3 heterocycles. The number of rotatable bonds is 5. The molecule has 0 saturated carbocycles. The largest absolute Gasteiger partial charge is 0.309 e. The summed E-state index contributed by atoms with van der Waals surface area (Å²) in [6, 6.07) is 75.6. The first-order valence-electron chi connectivity index (χ1n) is 19.5. The first-order chi connectivity index (χ1) is 28.2. The van der Waals surface area contributed by atoms with E-state index in [-0.39, 0.29) is 0 Å². The van der Waals surface area contributed by atoms with Crippen LogP contribution in [0.25, 0.3) is 109 Å². The van der Waals surface area contributed by atoms with Crippen molar-refractivity contribution in [3.63, 3.8) is 0 Å². The third-order valence-corrected chi connectivity index (χ3v) is 12.9. The predicted molar refractivity (Wildman–Crippen MR) is 244 cm³/mol. The van der Waals surface area contributed by atoms with Gasteiger partial charge in [-0.15, -0.1) is 11.3 Å². The summed E-state index contributed by atoms with van der Waals surface area (Å²) in [5.41, 5.74) is 14.5. The number of aromatic nitrogens is 2. The minimum absolute atomic E-state index is 1.15. The SMILES string of the molecule is c1ccc(-c2ccc(-c3ccc(-n4c5ccccc5c5cc(-c6ccc7c(c6)c6ccccc6n7-c6ccc7c(c6)sc6ccccc67)ccc54)cc3)cc2)cc1. The molecule has 9 aromatic carbocycles. The van der Waals surface area contributed by atoms with Gasteiger partial charge in [-0.25, -0.2) is 0 Å². The molecule has 0 aliphatic heterocycles. The Hall–Kier alpha value is -7.20. The number of hydrogen-bond donors (Lipinski definition) is 0. The van der Waals surface area contributed by atoms with E-state index < -0.39 is 0 Å². The van der Waals surface area contributed by atoms with Crippen LogP contribution in [0.3, 0.4) is 0 Å². The van der Waals surface area contributed by atoms with Crippen LogP contribution in [0.1, 0.15) is 0 Å². The Labute approximate surface area is 333 Å². The van der Waals surface area contributed by atoms with Gasteiger partial charge in [-0.05, 0) is 100 Å². The van der Waals surface area contributed by atoms with Crippen LogP contribution in [0.15, 0.2) is 206 Å². The normalized spacial score (nSPS) is 11.9. The molecule has 0 radical (unpaired) electrons. The molecule has 0 amide bonds. The molecular weight excluding hydrogens is 709 g/mol. The van der Waals surface area contributed by atoms with Crippen LogP contribution in [0.5, 0.6) is 0 Å². The first-order valence-corrected chi connectivity index (χ1v) is 20.3. The number of para-hydroxylation sites is 2. The zero-order chi connectivity index (χ0) is 37.5. The van der Waals surface area contributed by atoms with E-state index in [1.807, 2.05) is 11.3 Å². The second kappa shape index (κ2) is 12.7. The third-order valence-electron chi connectivity index (χ3n) is 11.7. The van der Waals surface area contributed by atoms with Crippen LogP contribution in [-0.4, -0.2) is 9.13 Å². The van der Waals surface area contributed by atoms with E-state index in [1.165, 1.54) is 103 Å². The van der Waals surface area contributed by atoms with E-state index in [2.05, 4.69) is 215 Å². The number of nitrogens with zero attached hydrogens (tertiary/aromatic N) is 2. The predicted octanol–water partition coefficient (Wildman–Crippen LogP) is 15.2. The lowest BCUT2D eigenvalue weighted by Gasteiger charge is -2.11. The van der Waals surface area contributed by atoms with Crippen LogP contribution in [0.2, 0.25) is 0 Å². The van der Waals surface area contributed by atoms with Crippen LogP contribution >= 0.6 is 11.3 Å². The van der Waals surface area contributed by atoms with E-state index >= 15 is 0 Å². The molecule has 3 heteroatoms. The van der Waals surface area contributed by atoms with Gasteiger partial charge in [0.25, 0.3) is 0 Å². The highest BCUT2D eigenvalue weighted by molar-refractivity contribution is 7.25. The fraction of sp³-hybridized carbons (Fsp3) is 0. The summed E-state index contributed by atoms with van der Waals surface area (Å²) in [6.45, 7) is 0. The van der Waals surface area contributed by atoms with Crippen molar-refractivity contribution in [2.75, 3.05) is 0 Å². The highest BCUT2D eigenvalue weighted by Crippen LogP contribution is 2.40. The minimum Gasteiger partial charge on any atom is -0.309 e. The van der Waals surface area contributed by atoms with E-state index in [0.717, 1.165) is 5.69 Å². The molecule has 0 unspecified atom stereocenters. The Bertz CT molecular complexity index is 3490. The summed E-state index contributed by atoms with van der Waals surface area (Å²) in [5.74, 6) is 0. The molecule has 0 fully saturated rings. The fourth-order valence-electron chi connectivity index (χ4n) is 9.00. The van der Waals surface area contributed by atoms with Gasteiger partial charge in [-0.2, -0.15) is 0 Å². The molecule has 0 aliphatic carbocycles. The summed E-state index contributed by atoms with van der Waals surface area (Å²) in [6.07, 6.45) is 0. The molecule has 2 nitrogen and oxygen atoms in total. The zero-order valence-corrected chi connectivity index (χ0v) is 31.7. The van der Waals surface area contributed by atoms with Crippen molar-refractivity contribution in [3.05, 3.63) is 206 Å². The van der Waals surface area contributed by atoms with Crippen molar-refractivity contribution in [2.24, 2.45) is 0 Å². The molecule has 266 valence electrons. The van der Waals surface area contributed by atoms with E-state index in [0.29, 0.717) is 0 Å². The maximum Gasteiger partial charge on any atom is 0.0541 e. The fourth-order valence-corrected chi connectivity index (χ4v) is 10.1. The topological polar surface area (TPSA) is 9.86 Å². The zero-order valence-electron chi connectivity index (χ0n) is 30.9. The standard InChI is InChI=1S/C54H34N2S/c1-2-10-35(11-3-1)36-18-20-37(21-19-36)38-22-26-41(27-23-38)55-49-15-7-4-12-43(49)47-32-39(24-30-51(47)55)40-25-31-52-48(33-40)44-13-5-8-16-50(44)56(52)42-28-29-46-45-14-6-9-17-53(45)57-54(46)34-42/h1-34H. The summed E-state index contributed by atoms with van der Waals surface area (Å²) in [5, 5.41) is 7.68. The molecule has 0 spiro atoms. The van der Waals surface area contributed by atoms with Crippen molar-refractivity contribution >= 4 is 75.1 Å². The quantitative estimate of drug-likeness (QED) is 0.166. The van der Waals surface area contributed by atoms with Gasteiger partial charge in [0.15, 0.2) is 0 Å². The lowest BCUT2D eigenvalue weighted by atomic mass is 10.00. The summed E-state index contributed by atoms with van der Waals surface area (Å²) >= 11 is 1.87. The Morgan fingerprint density at radius 3 is 1.28 bits per heavy atom. The van der Waals surface area contributed by atoms with Gasteiger partial charge in [-0.1, -0.05) is 140 Å². The van der Waals surface area contributed by atoms with E-state index in [4.69, 9.17) is 0 Å². The van der Waals surface area contributed by atoms with Gasteiger partial charge < -0.3 is 9.13 Å². The molecule has 0 bridgehead atoms. The number of thiophene rings is 1. The third kappa shape index (κ3) is 5.10. The van der Waals surface area contributed by atoms with Gasteiger partial charge in [0.1, 0.15) is 0 Å². The Kier molecular flexibility index (Phi) is 7.13. The van der Waals surface area contributed by atoms with Crippen molar-refractivity contribution in [2.45, 2.75) is 0 Å². The van der Waals surface area contributed by atoms with Crippen molar-refractivity contribution < 1.29 is 0 Å². The van der Waals surface area contributed by atoms with Crippen LogP contribution < -0.4 is 0 Å². The van der Waals surface area contributed by atoms with Gasteiger partial charge in [0.05, 0.1) is 22.1 Å². The molecule has 0 atom stereocenters. The summed E-state index contributed by atoms with van der Waals surface area (Å²) < 4.78 is 7.48. The molecule has 12 rings (SSSR count). The Balaban J connectivity index is 0.936. The minimum atomic E-state index is 1.15. The number of hydrogen-bond acceptors (Lipinski definition) is 1. The smallest absolute Gasteiger partial charge is 0.0541 e. The second-order valence-electron chi connectivity index (χ2n) is 14.9. The molecule has 0 N–H and O–H groups in total. The lowest BCUT2D eigenvalue weighted by Crippen LogP contribution is -1.94. The van der Waals surface area contributed by atoms with Crippen molar-refractivity contribution in [1.82, 2.24) is 9.13 Å². The maximum absolute atomic E-state index is 2.43. The highest BCUT2D eigenvalue weighted by Gasteiger charge is 2.17. The van der Waals surface area contributed by atoms with E-state index in [1.54, 1.807) is 0 Å². The highest BCUT2D eigenvalue weighted by atomic mass is 32.1.